The summed E-state index contributed by atoms with van der Waals surface area (Å²) in [6.45, 7) is 2.33. The molecule has 7 nitrogen and oxygen atoms in total. The number of benzene rings is 3. The van der Waals surface area contributed by atoms with E-state index in [2.05, 4.69) is 9.71 Å². The van der Waals surface area contributed by atoms with Crippen LogP contribution >= 0.6 is 0 Å². The van der Waals surface area contributed by atoms with Gasteiger partial charge in [-0.05, 0) is 71.0 Å². The molecule has 2 N–H and O–H groups in total. The lowest BCUT2D eigenvalue weighted by molar-refractivity contribution is -0.118. The van der Waals surface area contributed by atoms with Crippen molar-refractivity contribution in [3.63, 3.8) is 0 Å². The molecule has 2 atom stereocenters. The summed E-state index contributed by atoms with van der Waals surface area (Å²) >= 11 is 0. The van der Waals surface area contributed by atoms with Gasteiger partial charge in [0.1, 0.15) is 0 Å². The van der Waals surface area contributed by atoms with E-state index in [0.29, 0.717) is 37.1 Å². The molecule has 0 bridgehead atoms. The van der Waals surface area contributed by atoms with E-state index in [0.717, 1.165) is 28.7 Å². The van der Waals surface area contributed by atoms with Crippen molar-refractivity contribution in [2.24, 2.45) is 0 Å². The molecule has 5 rings (SSSR count). The first kappa shape index (κ1) is 27.7. The summed E-state index contributed by atoms with van der Waals surface area (Å²) in [6.07, 6.45) is 4.55. The van der Waals surface area contributed by atoms with Gasteiger partial charge in [0.25, 0.3) is 0 Å². The van der Waals surface area contributed by atoms with E-state index in [1.165, 1.54) is 0 Å². The Morgan fingerprint density at radius 1 is 0.975 bits per heavy atom. The van der Waals surface area contributed by atoms with E-state index in [-0.39, 0.29) is 10.8 Å². The van der Waals surface area contributed by atoms with Crippen molar-refractivity contribution in [3.05, 3.63) is 125 Å². The number of anilines is 1. The lowest BCUT2D eigenvalue weighted by Crippen LogP contribution is -2.34. The van der Waals surface area contributed by atoms with Crippen LogP contribution in [-0.4, -0.2) is 30.5 Å². The summed E-state index contributed by atoms with van der Waals surface area (Å²) in [4.78, 5) is 19.6. The van der Waals surface area contributed by atoms with Crippen LogP contribution in [-0.2, 0) is 40.6 Å². The van der Waals surface area contributed by atoms with Gasteiger partial charge in [-0.1, -0.05) is 61.5 Å². The van der Waals surface area contributed by atoms with Crippen LogP contribution < -0.4 is 9.62 Å². The largest absolute Gasteiger partial charge is 0.391 e. The Balaban J connectivity index is 1.43. The smallest absolute Gasteiger partial charge is 0.241 e. The first-order valence-electron chi connectivity index (χ1n) is 13.5. The third-order valence-corrected chi connectivity index (χ3v) is 8.81. The average molecular weight is 556 g/mol. The molecule has 0 unspecified atom stereocenters. The third-order valence-electron chi connectivity index (χ3n) is 7.35. The van der Waals surface area contributed by atoms with Crippen LogP contribution in [0.4, 0.5) is 5.69 Å². The Bertz CT molecular complexity index is 1560. The zero-order valence-corrected chi connectivity index (χ0v) is 23.2. The normalized spacial score (nSPS) is 16.4. The molecular weight excluding hydrogens is 522 g/mol. The number of aliphatic hydroxyl groups is 1. The molecule has 0 saturated heterocycles. The predicted octanol–water partition coefficient (Wildman–Crippen LogP) is 4.75. The highest BCUT2D eigenvalue weighted by atomic mass is 32.2. The average Bonchev–Trinajstić information content (AvgIpc) is 3.29. The number of aryl methyl sites for hydroxylation is 2. The second kappa shape index (κ2) is 12.1. The van der Waals surface area contributed by atoms with E-state index in [4.69, 9.17) is 0 Å². The van der Waals surface area contributed by atoms with Crippen molar-refractivity contribution in [2.45, 2.75) is 56.2 Å². The number of hydrogen-bond donors (Lipinski definition) is 2. The number of fused-ring (bicyclic) bond motifs is 1. The van der Waals surface area contributed by atoms with Crippen LogP contribution in [0.5, 0.6) is 0 Å². The maximum absolute atomic E-state index is 13.6. The van der Waals surface area contributed by atoms with Crippen molar-refractivity contribution < 1.29 is 18.3 Å². The van der Waals surface area contributed by atoms with Gasteiger partial charge in [0.05, 0.1) is 23.6 Å². The van der Waals surface area contributed by atoms with Crippen molar-refractivity contribution in [1.82, 2.24) is 9.71 Å². The van der Waals surface area contributed by atoms with Gasteiger partial charge in [0.15, 0.2) is 0 Å². The van der Waals surface area contributed by atoms with Crippen LogP contribution in [0, 0.1) is 0 Å². The van der Waals surface area contributed by atoms with Crippen LogP contribution in [0.25, 0.3) is 0 Å². The molecule has 1 aliphatic rings. The van der Waals surface area contributed by atoms with Gasteiger partial charge in [-0.2, -0.15) is 0 Å². The van der Waals surface area contributed by atoms with E-state index < -0.39 is 22.2 Å². The van der Waals surface area contributed by atoms with Gasteiger partial charge in [0, 0.05) is 30.9 Å². The Morgan fingerprint density at radius 3 is 2.42 bits per heavy atom. The molecule has 1 aliphatic carbocycles. The molecule has 0 spiro atoms. The summed E-state index contributed by atoms with van der Waals surface area (Å²) in [5.41, 5.74) is 5.17. The van der Waals surface area contributed by atoms with Gasteiger partial charge in [-0.3, -0.25) is 9.78 Å². The van der Waals surface area contributed by atoms with Gasteiger partial charge in [0.2, 0.25) is 15.9 Å². The number of aromatic nitrogens is 1. The number of carbonyl (C=O) groups excluding carboxylic acids is 1. The standard InChI is InChI=1S/C32H33N3O4S/c1-2-23-10-15-28(16-11-23)40(38,39)34-32-29-20-27(14-13-26(29)19-30(32)36)35(22-25-9-6-18-33-21-25)31(37)17-12-24-7-4-3-5-8-24/h3-11,13-16,18,20-21,30,32,34,36H,2,12,17,19,22H2,1H3/t30-,32-/m1/s1. The Labute approximate surface area is 235 Å². The lowest BCUT2D eigenvalue weighted by Gasteiger charge is -2.25. The van der Waals surface area contributed by atoms with Crippen molar-refractivity contribution >= 4 is 21.6 Å². The molecule has 3 aromatic carbocycles. The van der Waals surface area contributed by atoms with Crippen molar-refractivity contribution in [3.8, 4) is 0 Å². The number of carbonyl (C=O) groups is 1. The molecule has 8 heteroatoms. The predicted molar refractivity (Wildman–Crippen MR) is 155 cm³/mol. The number of rotatable bonds is 10. The number of nitrogens with zero attached hydrogens (tertiary/aromatic N) is 2. The molecule has 0 saturated carbocycles. The van der Waals surface area contributed by atoms with E-state index in [9.17, 15) is 18.3 Å². The van der Waals surface area contributed by atoms with Gasteiger partial charge in [-0.25, -0.2) is 13.1 Å². The summed E-state index contributed by atoms with van der Waals surface area (Å²) in [5, 5.41) is 10.9. The second-order valence-electron chi connectivity index (χ2n) is 10.1. The van der Waals surface area contributed by atoms with Crippen molar-refractivity contribution in [2.75, 3.05) is 4.90 Å². The Hall–Kier alpha value is -3.85. The summed E-state index contributed by atoms with van der Waals surface area (Å²) < 4.78 is 29.2. The van der Waals surface area contributed by atoms with Gasteiger partial charge in [-0.15, -0.1) is 0 Å². The van der Waals surface area contributed by atoms with Gasteiger partial charge < -0.3 is 10.0 Å². The molecule has 40 heavy (non-hydrogen) atoms. The van der Waals surface area contributed by atoms with Crippen LogP contribution in [0.1, 0.15) is 47.2 Å². The molecule has 0 radical (unpaired) electrons. The highest BCUT2D eigenvalue weighted by Gasteiger charge is 2.35. The molecule has 0 aliphatic heterocycles. The SMILES string of the molecule is CCc1ccc(S(=O)(=O)N[C@@H]2c3cc(N(Cc4cccnc4)C(=O)CCc4ccccc4)ccc3C[C@H]2O)cc1. The number of hydrogen-bond acceptors (Lipinski definition) is 5. The monoisotopic (exact) mass is 555 g/mol. The Kier molecular flexibility index (Phi) is 8.40. The van der Waals surface area contributed by atoms with E-state index in [1.807, 2.05) is 67.6 Å². The zero-order chi connectivity index (χ0) is 28.1. The summed E-state index contributed by atoms with van der Waals surface area (Å²) in [6, 6.07) is 25.1. The summed E-state index contributed by atoms with van der Waals surface area (Å²) in [5.74, 6) is -0.0562. The topological polar surface area (TPSA) is 99.6 Å². The van der Waals surface area contributed by atoms with E-state index in [1.54, 1.807) is 41.6 Å². The molecular formula is C32H33N3O4S. The molecule has 206 valence electrons. The molecule has 1 heterocycles. The fourth-order valence-electron chi connectivity index (χ4n) is 5.09. The number of amides is 1. The minimum atomic E-state index is -3.88. The third kappa shape index (κ3) is 6.31. The van der Waals surface area contributed by atoms with Gasteiger partial charge >= 0.3 is 0 Å². The molecule has 0 fully saturated rings. The first-order valence-corrected chi connectivity index (χ1v) is 15.0. The number of pyridine rings is 1. The molecule has 4 aromatic rings. The maximum atomic E-state index is 13.6. The fourth-order valence-corrected chi connectivity index (χ4v) is 6.34. The quantitative estimate of drug-likeness (QED) is 0.294. The molecule has 1 aromatic heterocycles. The Morgan fingerprint density at radius 2 is 1.73 bits per heavy atom. The van der Waals surface area contributed by atoms with E-state index >= 15 is 0 Å². The zero-order valence-electron chi connectivity index (χ0n) is 22.4. The van der Waals surface area contributed by atoms with Crippen LogP contribution in [0.3, 0.4) is 0 Å². The minimum Gasteiger partial charge on any atom is -0.391 e. The number of sulfonamides is 1. The van der Waals surface area contributed by atoms with Crippen molar-refractivity contribution in [1.29, 1.82) is 0 Å². The van der Waals surface area contributed by atoms with Crippen LogP contribution in [0.2, 0.25) is 0 Å². The molecule has 1 amide bonds. The highest BCUT2D eigenvalue weighted by Crippen LogP contribution is 2.36. The fraction of sp³-hybridized carbons (Fsp3) is 0.250. The maximum Gasteiger partial charge on any atom is 0.241 e. The minimum absolute atomic E-state index is 0.0562. The number of nitrogens with one attached hydrogen (secondary N) is 1. The highest BCUT2D eigenvalue weighted by molar-refractivity contribution is 7.89. The first-order chi connectivity index (χ1) is 19.3. The van der Waals surface area contributed by atoms with Crippen LogP contribution in [0.15, 0.2) is 102 Å². The number of aliphatic hydroxyl groups excluding tert-OH is 1. The summed E-state index contributed by atoms with van der Waals surface area (Å²) in [7, 11) is -3.88. The second-order valence-corrected chi connectivity index (χ2v) is 11.8. The lowest BCUT2D eigenvalue weighted by atomic mass is 10.1.